The number of carbonyl (C=O) groups excluding carboxylic acids is 2. The van der Waals surface area contributed by atoms with Gasteiger partial charge < -0.3 is 14.2 Å². The number of halogens is 3. The van der Waals surface area contributed by atoms with Crippen LogP contribution < -0.4 is 4.74 Å². The summed E-state index contributed by atoms with van der Waals surface area (Å²) in [6.07, 6.45) is -1.62. The summed E-state index contributed by atoms with van der Waals surface area (Å²) >= 11 is 18.3. The van der Waals surface area contributed by atoms with E-state index in [1.807, 2.05) is 0 Å². The van der Waals surface area contributed by atoms with Crippen LogP contribution in [0.5, 0.6) is 5.75 Å². The molecule has 0 atom stereocenters. The Balaban J connectivity index is 3.29. The molecule has 10 heteroatoms. The van der Waals surface area contributed by atoms with Crippen LogP contribution >= 0.6 is 34.8 Å². The van der Waals surface area contributed by atoms with Crippen LogP contribution in [0.2, 0.25) is 15.1 Å². The first-order valence-corrected chi connectivity index (χ1v) is 8.92. The second kappa shape index (κ2) is 10.8. The topological polar surface area (TPSA) is 109 Å². The maximum absolute atomic E-state index is 11.8. The van der Waals surface area contributed by atoms with Crippen molar-refractivity contribution in [2.75, 3.05) is 13.2 Å². The van der Waals surface area contributed by atoms with Gasteiger partial charge in [0, 0.05) is 0 Å². The van der Waals surface area contributed by atoms with Crippen LogP contribution in [0, 0.1) is 22.7 Å². The lowest BCUT2D eigenvalue weighted by Gasteiger charge is -2.20. The average Bonchev–Trinajstić information content (AvgIpc) is 2.61. The number of nitrogens with zero attached hydrogens (tertiary/aromatic N) is 2. The molecule has 7 nitrogen and oxygen atoms in total. The number of rotatable bonds is 8. The number of hydrogen-bond donors (Lipinski definition) is 0. The maximum Gasteiger partial charge on any atom is 0.309 e. The Morgan fingerprint density at radius 3 is 1.74 bits per heavy atom. The third kappa shape index (κ3) is 5.90. The number of esters is 2. The highest BCUT2D eigenvalue weighted by Crippen LogP contribution is 2.44. The highest BCUT2D eigenvalue weighted by molar-refractivity contribution is 6.46. The van der Waals surface area contributed by atoms with Crippen LogP contribution in [-0.4, -0.2) is 31.3 Å². The molecule has 1 rings (SSSR count). The minimum Gasteiger partial charge on any atom is -0.486 e. The zero-order valence-corrected chi connectivity index (χ0v) is 16.7. The van der Waals surface area contributed by atoms with Crippen LogP contribution in [0.1, 0.15) is 37.8 Å². The van der Waals surface area contributed by atoms with Crippen molar-refractivity contribution in [2.24, 2.45) is 0 Å². The van der Waals surface area contributed by atoms with Gasteiger partial charge in [0.15, 0.2) is 5.75 Å². The Morgan fingerprint density at radius 2 is 1.33 bits per heavy atom. The second-order valence-corrected chi connectivity index (χ2v) is 6.14. The van der Waals surface area contributed by atoms with Gasteiger partial charge in [0.25, 0.3) is 0 Å². The molecule has 144 valence electrons. The fourth-order valence-corrected chi connectivity index (χ4v) is 2.87. The number of hydrogen-bond acceptors (Lipinski definition) is 7. The molecule has 0 saturated heterocycles. The molecule has 1 aromatic rings. The molecule has 0 aliphatic heterocycles. The Kier molecular flexibility index (Phi) is 9.17. The largest absolute Gasteiger partial charge is 0.486 e. The van der Waals surface area contributed by atoms with Crippen LogP contribution in [0.4, 0.5) is 0 Å². The molecule has 0 spiro atoms. The first-order chi connectivity index (χ1) is 12.8. The van der Waals surface area contributed by atoms with Crippen molar-refractivity contribution in [3.8, 4) is 17.9 Å². The molecule has 1 aromatic carbocycles. The molecule has 0 aliphatic rings. The first kappa shape index (κ1) is 22.9. The predicted molar refractivity (Wildman–Crippen MR) is 97.8 cm³/mol. The van der Waals surface area contributed by atoms with Gasteiger partial charge in [-0.25, -0.2) is 0 Å². The van der Waals surface area contributed by atoms with Crippen LogP contribution in [-0.2, 0) is 19.1 Å². The summed E-state index contributed by atoms with van der Waals surface area (Å²) in [6, 6.07) is 3.51. The fraction of sp³-hybridized carbons (Fsp3) is 0.412. The molecule has 0 radical (unpaired) electrons. The molecule has 0 amide bonds. The van der Waals surface area contributed by atoms with E-state index in [4.69, 9.17) is 54.3 Å². The van der Waals surface area contributed by atoms with Crippen molar-refractivity contribution < 1.29 is 23.8 Å². The van der Waals surface area contributed by atoms with E-state index in [1.165, 1.54) is 0 Å². The number of carbonyl (C=O) groups is 2. The van der Waals surface area contributed by atoms with E-state index in [1.54, 1.807) is 26.0 Å². The van der Waals surface area contributed by atoms with E-state index in [0.717, 1.165) is 0 Å². The normalized spacial score (nSPS) is 10.1. The van der Waals surface area contributed by atoms with E-state index in [0.29, 0.717) is 0 Å². The van der Waals surface area contributed by atoms with Gasteiger partial charge in [0.2, 0.25) is 0 Å². The lowest BCUT2D eigenvalue weighted by Crippen LogP contribution is -2.26. The summed E-state index contributed by atoms with van der Waals surface area (Å²) in [6.45, 7) is 3.56. The number of nitriles is 2. The summed E-state index contributed by atoms with van der Waals surface area (Å²) in [5.41, 5.74) is -0.427. The summed E-state index contributed by atoms with van der Waals surface area (Å²) < 4.78 is 15.3. The van der Waals surface area contributed by atoms with Crippen molar-refractivity contribution in [3.05, 3.63) is 26.2 Å². The van der Waals surface area contributed by atoms with Gasteiger partial charge in [-0.2, -0.15) is 10.5 Å². The molecule has 0 saturated carbocycles. The van der Waals surface area contributed by atoms with Crippen molar-refractivity contribution in [2.45, 2.75) is 32.8 Å². The van der Waals surface area contributed by atoms with Crippen molar-refractivity contribution >= 4 is 46.7 Å². The zero-order chi connectivity index (χ0) is 20.6. The Labute approximate surface area is 171 Å². The molecule has 0 fully saturated rings. The minimum atomic E-state index is -1.03. The number of ether oxygens (including phenoxy) is 3. The maximum atomic E-state index is 11.8. The van der Waals surface area contributed by atoms with Crippen molar-refractivity contribution in [1.82, 2.24) is 0 Å². The first-order valence-electron chi connectivity index (χ1n) is 7.79. The SMILES string of the molecule is CCOC(=O)CC(CC(=O)OCC)Oc1c(Cl)c(Cl)c(C#N)c(C#N)c1Cl. The molecule has 0 unspecified atom stereocenters. The van der Waals surface area contributed by atoms with Crippen LogP contribution in [0.3, 0.4) is 0 Å². The summed E-state index contributed by atoms with van der Waals surface area (Å²) in [5, 5.41) is 17.7. The fourth-order valence-electron chi connectivity index (χ4n) is 2.09. The quantitative estimate of drug-likeness (QED) is 0.449. The number of benzene rings is 1. The van der Waals surface area contributed by atoms with Gasteiger partial charge in [-0.3, -0.25) is 9.59 Å². The highest BCUT2D eigenvalue weighted by Gasteiger charge is 2.27. The lowest BCUT2D eigenvalue weighted by molar-refractivity contribution is -0.148. The molecular weight excluding hydrogens is 419 g/mol. The summed E-state index contributed by atoms with van der Waals surface area (Å²) in [5.74, 6) is -1.43. The molecule has 0 aromatic heterocycles. The predicted octanol–water partition coefficient (Wildman–Crippen LogP) is 4.04. The summed E-state index contributed by atoms with van der Waals surface area (Å²) in [7, 11) is 0. The zero-order valence-electron chi connectivity index (χ0n) is 14.5. The Hall–Kier alpha value is -2.19. The van der Waals surface area contributed by atoms with Crippen molar-refractivity contribution in [3.63, 3.8) is 0 Å². The molecule has 0 bridgehead atoms. The van der Waals surface area contributed by atoms with Gasteiger partial charge in [0.1, 0.15) is 28.3 Å². The highest BCUT2D eigenvalue weighted by atomic mass is 35.5. The summed E-state index contributed by atoms with van der Waals surface area (Å²) in [4.78, 5) is 23.6. The van der Waals surface area contributed by atoms with E-state index in [9.17, 15) is 14.9 Å². The lowest BCUT2D eigenvalue weighted by atomic mass is 10.1. The third-order valence-corrected chi connectivity index (χ3v) is 4.38. The third-order valence-electron chi connectivity index (χ3n) is 3.19. The Morgan fingerprint density at radius 1 is 0.889 bits per heavy atom. The minimum absolute atomic E-state index is 0.147. The van der Waals surface area contributed by atoms with Gasteiger partial charge >= 0.3 is 11.9 Å². The molecule has 0 aliphatic carbocycles. The van der Waals surface area contributed by atoms with Crippen LogP contribution in [0.25, 0.3) is 0 Å². The van der Waals surface area contributed by atoms with Crippen LogP contribution in [0.15, 0.2) is 0 Å². The van der Waals surface area contributed by atoms with E-state index >= 15 is 0 Å². The van der Waals surface area contributed by atoms with Gasteiger partial charge in [0.05, 0.1) is 42.2 Å². The molecule has 0 heterocycles. The van der Waals surface area contributed by atoms with E-state index < -0.39 is 18.0 Å². The van der Waals surface area contributed by atoms with E-state index in [2.05, 4.69) is 0 Å². The van der Waals surface area contributed by atoms with Gasteiger partial charge in [-0.1, -0.05) is 34.8 Å². The smallest absolute Gasteiger partial charge is 0.309 e. The molecule has 27 heavy (non-hydrogen) atoms. The Bertz CT molecular complexity index is 795. The monoisotopic (exact) mass is 432 g/mol. The molecular formula is C17H15Cl3N2O5. The van der Waals surface area contributed by atoms with E-state index in [-0.39, 0.29) is 58.0 Å². The standard InChI is InChI=1S/C17H15Cl3N2O5/c1-3-25-12(23)5-9(6-13(24)26-4-2)27-17-15(19)11(8-22)10(7-21)14(18)16(17)20/h9H,3-6H2,1-2H3. The molecule has 0 N–H and O–H groups in total. The average molecular weight is 434 g/mol. The van der Waals surface area contributed by atoms with Gasteiger partial charge in [-0.05, 0) is 13.8 Å². The van der Waals surface area contributed by atoms with Gasteiger partial charge in [-0.15, -0.1) is 0 Å². The second-order valence-electron chi connectivity index (χ2n) is 5.00. The van der Waals surface area contributed by atoms with Crippen molar-refractivity contribution in [1.29, 1.82) is 10.5 Å².